The van der Waals surface area contributed by atoms with Crippen LogP contribution in [0.4, 0.5) is 52.7 Å². The first-order valence-corrected chi connectivity index (χ1v) is 5.27. The fourth-order valence-electron chi connectivity index (χ4n) is 1.99. The van der Waals surface area contributed by atoms with Gasteiger partial charge in [-0.15, -0.1) is 0 Å². The molecule has 0 fully saturated rings. The van der Waals surface area contributed by atoms with Crippen molar-refractivity contribution in [3.8, 4) is 0 Å². The molecule has 0 atom stereocenters. The van der Waals surface area contributed by atoms with Crippen LogP contribution in [-0.2, 0) is 5.92 Å². The quantitative estimate of drug-likeness (QED) is 0.338. The summed E-state index contributed by atoms with van der Waals surface area (Å²) in [6, 6.07) is 0. The minimum absolute atomic E-state index is 2.85. The van der Waals surface area contributed by atoms with Crippen LogP contribution in [0.25, 0.3) is 5.57 Å². The summed E-state index contributed by atoms with van der Waals surface area (Å²) < 4.78 is 157. The van der Waals surface area contributed by atoms with Crippen molar-refractivity contribution < 1.29 is 52.7 Å². The van der Waals surface area contributed by atoms with E-state index in [4.69, 9.17) is 0 Å². The van der Waals surface area contributed by atoms with Gasteiger partial charge in [0.25, 0.3) is 0 Å². The summed E-state index contributed by atoms with van der Waals surface area (Å²) in [6.45, 7) is 0. The SMILES string of the molecule is FC1=C(C(F)(F)F)c2c(F)c(F)c(F)c(F)c2C(F)(F)C1(F)F. The van der Waals surface area contributed by atoms with Gasteiger partial charge in [-0.2, -0.15) is 30.7 Å². The predicted molar refractivity (Wildman–Crippen MR) is 49.2 cm³/mol. The molecule has 2 rings (SSSR count). The Morgan fingerprint density at radius 1 is 0.609 bits per heavy atom. The highest BCUT2D eigenvalue weighted by Crippen LogP contribution is 2.59. The van der Waals surface area contributed by atoms with Crippen molar-refractivity contribution in [2.45, 2.75) is 18.0 Å². The van der Waals surface area contributed by atoms with E-state index < -0.39 is 63.8 Å². The molecule has 0 amide bonds. The lowest BCUT2D eigenvalue weighted by atomic mass is 9.83. The lowest BCUT2D eigenvalue weighted by Crippen LogP contribution is -2.45. The van der Waals surface area contributed by atoms with E-state index in [0.717, 1.165) is 0 Å². The van der Waals surface area contributed by atoms with Crippen LogP contribution >= 0.6 is 0 Å². The maximum absolute atomic E-state index is 13.5. The van der Waals surface area contributed by atoms with Crippen molar-refractivity contribution in [3.05, 3.63) is 40.2 Å². The molecular weight excluding hydrogens is 360 g/mol. The molecule has 0 saturated heterocycles. The van der Waals surface area contributed by atoms with E-state index in [1.165, 1.54) is 0 Å². The Labute approximate surface area is 118 Å². The molecule has 12 heteroatoms. The minimum atomic E-state index is -6.26. The molecule has 0 radical (unpaired) electrons. The lowest BCUT2D eigenvalue weighted by molar-refractivity contribution is -0.208. The minimum Gasteiger partial charge on any atom is -0.204 e. The average Bonchev–Trinajstić information content (AvgIpc) is 2.39. The fraction of sp³-hybridized carbons (Fsp3) is 0.273. The molecule has 1 aromatic rings. The maximum Gasteiger partial charge on any atom is 0.419 e. The van der Waals surface area contributed by atoms with Crippen LogP contribution in [0, 0.1) is 23.3 Å². The number of allylic oxidation sites excluding steroid dienone is 2. The average molecular weight is 360 g/mol. The van der Waals surface area contributed by atoms with E-state index in [9.17, 15) is 52.7 Å². The second kappa shape index (κ2) is 4.57. The summed E-state index contributed by atoms with van der Waals surface area (Å²) in [5, 5.41) is 0. The van der Waals surface area contributed by atoms with Gasteiger partial charge in [0.15, 0.2) is 29.1 Å². The van der Waals surface area contributed by atoms with E-state index in [2.05, 4.69) is 0 Å². The van der Waals surface area contributed by atoms with Crippen LogP contribution < -0.4 is 0 Å². The third-order valence-corrected chi connectivity index (χ3v) is 3.00. The Hall–Kier alpha value is -1.88. The van der Waals surface area contributed by atoms with Gasteiger partial charge in [0, 0.05) is 5.56 Å². The zero-order chi connectivity index (χ0) is 18.1. The van der Waals surface area contributed by atoms with Gasteiger partial charge in [-0.25, -0.2) is 22.0 Å². The molecule has 0 aliphatic heterocycles. The molecule has 1 aromatic carbocycles. The zero-order valence-electron chi connectivity index (χ0n) is 10.0. The summed E-state index contributed by atoms with van der Waals surface area (Å²) in [6.07, 6.45) is -6.23. The number of alkyl halides is 7. The number of fused-ring (bicyclic) bond motifs is 1. The summed E-state index contributed by atoms with van der Waals surface area (Å²) in [5.74, 6) is -28.5. The Morgan fingerprint density at radius 2 is 1.04 bits per heavy atom. The molecule has 0 saturated carbocycles. The molecule has 1 aliphatic rings. The van der Waals surface area contributed by atoms with Crippen molar-refractivity contribution in [1.82, 2.24) is 0 Å². The Bertz CT molecular complexity index is 724. The number of rotatable bonds is 0. The van der Waals surface area contributed by atoms with E-state index in [0.29, 0.717) is 0 Å². The van der Waals surface area contributed by atoms with Crippen LogP contribution in [0.2, 0.25) is 0 Å². The normalized spacial score (nSPS) is 19.8. The van der Waals surface area contributed by atoms with Gasteiger partial charge in [-0.05, 0) is 0 Å². The number of hydrogen-bond donors (Lipinski definition) is 0. The van der Waals surface area contributed by atoms with Crippen molar-refractivity contribution in [2.75, 3.05) is 0 Å². The molecule has 1 aliphatic carbocycles. The monoisotopic (exact) mass is 360 g/mol. The van der Waals surface area contributed by atoms with Gasteiger partial charge < -0.3 is 0 Å². The number of hydrogen-bond acceptors (Lipinski definition) is 0. The molecule has 0 bridgehead atoms. The molecular formula is C11F12. The largest absolute Gasteiger partial charge is 0.419 e. The highest BCUT2D eigenvalue weighted by molar-refractivity contribution is 5.78. The number of benzene rings is 1. The predicted octanol–water partition coefficient (Wildman–Crippen LogP) is 5.23. The first kappa shape index (κ1) is 17.5. The fourth-order valence-corrected chi connectivity index (χ4v) is 1.99. The molecule has 0 spiro atoms. The Kier molecular flexibility index (Phi) is 3.47. The van der Waals surface area contributed by atoms with Gasteiger partial charge in [-0.1, -0.05) is 0 Å². The van der Waals surface area contributed by atoms with E-state index in [-0.39, 0.29) is 0 Å². The van der Waals surface area contributed by atoms with E-state index in [1.54, 1.807) is 0 Å². The van der Waals surface area contributed by atoms with Crippen LogP contribution in [0.15, 0.2) is 5.83 Å². The maximum atomic E-state index is 13.5. The van der Waals surface area contributed by atoms with Crippen molar-refractivity contribution in [2.24, 2.45) is 0 Å². The summed E-state index contributed by atoms with van der Waals surface area (Å²) in [4.78, 5) is 0. The summed E-state index contributed by atoms with van der Waals surface area (Å²) in [5.41, 5.74) is -9.31. The molecule has 128 valence electrons. The molecule has 0 heterocycles. The van der Waals surface area contributed by atoms with Crippen molar-refractivity contribution in [3.63, 3.8) is 0 Å². The second-order valence-electron chi connectivity index (χ2n) is 4.34. The Morgan fingerprint density at radius 3 is 1.48 bits per heavy atom. The first-order chi connectivity index (χ1) is 10.2. The topological polar surface area (TPSA) is 0 Å². The third-order valence-electron chi connectivity index (χ3n) is 3.00. The van der Waals surface area contributed by atoms with Crippen LogP contribution in [-0.4, -0.2) is 12.1 Å². The molecule has 0 unspecified atom stereocenters. The van der Waals surface area contributed by atoms with Crippen molar-refractivity contribution in [1.29, 1.82) is 0 Å². The van der Waals surface area contributed by atoms with Gasteiger partial charge in [0.2, 0.25) is 0 Å². The number of halogens is 12. The molecule has 23 heavy (non-hydrogen) atoms. The van der Waals surface area contributed by atoms with Crippen LogP contribution in [0.1, 0.15) is 11.1 Å². The van der Waals surface area contributed by atoms with Gasteiger partial charge in [0.1, 0.15) is 5.57 Å². The van der Waals surface area contributed by atoms with Gasteiger partial charge in [0.05, 0.1) is 5.56 Å². The van der Waals surface area contributed by atoms with E-state index >= 15 is 0 Å². The Balaban J connectivity index is 3.14. The van der Waals surface area contributed by atoms with Gasteiger partial charge in [-0.3, -0.25) is 0 Å². The molecule has 0 nitrogen and oxygen atoms in total. The molecule has 0 N–H and O–H groups in total. The lowest BCUT2D eigenvalue weighted by Gasteiger charge is -2.34. The van der Waals surface area contributed by atoms with Crippen LogP contribution in [0.5, 0.6) is 0 Å². The van der Waals surface area contributed by atoms with Gasteiger partial charge >= 0.3 is 18.0 Å². The highest BCUT2D eigenvalue weighted by Gasteiger charge is 2.69. The zero-order valence-corrected chi connectivity index (χ0v) is 10.0. The summed E-state index contributed by atoms with van der Waals surface area (Å²) in [7, 11) is 0. The third kappa shape index (κ3) is 2.02. The van der Waals surface area contributed by atoms with Crippen molar-refractivity contribution >= 4 is 5.57 Å². The second-order valence-corrected chi connectivity index (χ2v) is 4.34. The highest BCUT2D eigenvalue weighted by atomic mass is 19.4. The van der Waals surface area contributed by atoms with Crippen LogP contribution in [0.3, 0.4) is 0 Å². The molecule has 0 aromatic heterocycles. The first-order valence-electron chi connectivity index (χ1n) is 5.27. The summed E-state index contributed by atoms with van der Waals surface area (Å²) >= 11 is 0. The standard InChI is InChI=1S/C11F12/c12-4-1-2(5(13)7(15)6(4)14)9(17,18)10(19,20)8(16)3(1)11(21,22)23. The smallest absolute Gasteiger partial charge is 0.204 e. The van der Waals surface area contributed by atoms with E-state index in [1.807, 2.05) is 0 Å².